The van der Waals surface area contributed by atoms with Gasteiger partial charge in [0.25, 0.3) is 5.91 Å². The third-order valence-corrected chi connectivity index (χ3v) is 8.53. The van der Waals surface area contributed by atoms with E-state index in [9.17, 15) is 17.6 Å². The van der Waals surface area contributed by atoms with Crippen LogP contribution in [-0.4, -0.2) is 36.7 Å². The monoisotopic (exact) mass is 571 g/mol. The number of halogens is 2. The largest absolute Gasteiger partial charge is 0.497 e. The van der Waals surface area contributed by atoms with Gasteiger partial charge in [-0.25, -0.2) is 22.8 Å². The van der Waals surface area contributed by atoms with E-state index in [1.165, 1.54) is 12.4 Å². The molecule has 1 amide bonds. The van der Waals surface area contributed by atoms with Gasteiger partial charge in [0.05, 0.1) is 39.8 Å². The second kappa shape index (κ2) is 11.4. The van der Waals surface area contributed by atoms with Crippen LogP contribution in [0.3, 0.4) is 0 Å². The number of anilines is 3. The molecule has 1 unspecified atom stereocenters. The van der Waals surface area contributed by atoms with Crippen LogP contribution in [0.4, 0.5) is 21.6 Å². The van der Waals surface area contributed by atoms with E-state index in [-0.39, 0.29) is 39.7 Å². The van der Waals surface area contributed by atoms with Gasteiger partial charge in [0, 0.05) is 5.39 Å². The highest BCUT2D eigenvalue weighted by atomic mass is 35.5. The number of hydrogen-bond donors (Lipinski definition) is 3. The fourth-order valence-corrected chi connectivity index (χ4v) is 5.96. The lowest BCUT2D eigenvalue weighted by molar-refractivity contribution is 0.102. The lowest BCUT2D eigenvalue weighted by Gasteiger charge is -2.19. The molecular formula is C27H27ClFN5O4S. The third-order valence-electron chi connectivity index (χ3n) is 6.26. The van der Waals surface area contributed by atoms with Gasteiger partial charge >= 0.3 is 0 Å². The van der Waals surface area contributed by atoms with E-state index in [0.29, 0.717) is 23.1 Å². The number of amides is 1. The van der Waals surface area contributed by atoms with Crippen LogP contribution >= 0.6 is 11.6 Å². The average molecular weight is 572 g/mol. The smallest absolute Gasteiger partial charge is 0.258 e. The molecule has 0 aliphatic rings. The normalized spacial score (nSPS) is 12.2. The number of nitrogens with two attached hydrogens (primary N) is 1. The molecule has 0 aliphatic heterocycles. The second-order valence-corrected chi connectivity index (χ2v) is 11.3. The van der Waals surface area contributed by atoms with Crippen molar-refractivity contribution in [2.75, 3.05) is 22.9 Å². The summed E-state index contributed by atoms with van der Waals surface area (Å²) in [5, 5.41) is 1.84. The van der Waals surface area contributed by atoms with Crippen LogP contribution in [0.5, 0.6) is 5.75 Å². The van der Waals surface area contributed by atoms with E-state index in [0.717, 1.165) is 11.6 Å². The van der Waals surface area contributed by atoms with Crippen LogP contribution in [-0.2, 0) is 16.4 Å². The molecule has 0 saturated carbocycles. The Balaban J connectivity index is 1.61. The van der Waals surface area contributed by atoms with Crippen LogP contribution in [0.2, 0.25) is 5.02 Å². The first-order chi connectivity index (χ1) is 18.5. The van der Waals surface area contributed by atoms with Gasteiger partial charge in [-0.15, -0.1) is 0 Å². The first kappa shape index (κ1) is 28.1. The van der Waals surface area contributed by atoms with Gasteiger partial charge in [-0.05, 0) is 67.3 Å². The summed E-state index contributed by atoms with van der Waals surface area (Å²) in [6.45, 7) is 3.52. The van der Waals surface area contributed by atoms with Crippen LogP contribution in [0, 0.1) is 12.7 Å². The third kappa shape index (κ3) is 6.04. The minimum absolute atomic E-state index is 0.0674. The molecule has 1 heterocycles. The molecular weight excluding hydrogens is 545 g/mol. The summed E-state index contributed by atoms with van der Waals surface area (Å²) in [5.41, 5.74) is 7.43. The van der Waals surface area contributed by atoms with Crippen LogP contribution < -0.4 is 20.5 Å². The van der Waals surface area contributed by atoms with Crippen molar-refractivity contribution in [3.8, 4) is 5.75 Å². The molecule has 0 radical (unpaired) electrons. The second-order valence-electron chi connectivity index (χ2n) is 8.94. The van der Waals surface area contributed by atoms with E-state index in [1.54, 1.807) is 57.4 Å². The predicted octanol–water partition coefficient (Wildman–Crippen LogP) is 5.34. The van der Waals surface area contributed by atoms with E-state index in [2.05, 4.69) is 20.0 Å². The number of methoxy groups -OCH3 is 1. The molecule has 3 aromatic carbocycles. The standard InChI is InChI=1S/C27H27ClFN5O4S/c1-4-18(13-16-5-7-17(38-3)8-6-16)39(36,37)34-22-10-9-21(29)25(23(22)28)33-27(35)20-12-15(2)11-19-24(20)31-14-32-26(19)30/h5-12,14,18,34H,4,13H2,1-3H3,(H,33,35)(H2,30,31,32). The number of nitrogen functional groups attached to an aromatic ring is 1. The number of sulfonamides is 1. The molecule has 4 N–H and O–H groups in total. The molecule has 0 spiro atoms. The van der Waals surface area contributed by atoms with E-state index in [4.69, 9.17) is 22.1 Å². The van der Waals surface area contributed by atoms with Gasteiger partial charge in [0.2, 0.25) is 10.0 Å². The van der Waals surface area contributed by atoms with Crippen molar-refractivity contribution in [3.63, 3.8) is 0 Å². The van der Waals surface area contributed by atoms with Crippen molar-refractivity contribution < 1.29 is 22.3 Å². The lowest BCUT2D eigenvalue weighted by atomic mass is 10.1. The number of benzene rings is 3. The van der Waals surface area contributed by atoms with E-state index in [1.807, 2.05) is 0 Å². The Morgan fingerprint density at radius 2 is 1.87 bits per heavy atom. The number of aryl methyl sites for hydroxylation is 1. The number of hydrogen-bond acceptors (Lipinski definition) is 7. The van der Waals surface area contributed by atoms with Gasteiger partial charge in [-0.1, -0.05) is 30.7 Å². The molecule has 9 nitrogen and oxygen atoms in total. The number of rotatable bonds is 9. The Morgan fingerprint density at radius 3 is 2.54 bits per heavy atom. The number of nitrogens with zero attached hydrogens (tertiary/aromatic N) is 2. The maximum absolute atomic E-state index is 14.8. The molecule has 0 saturated heterocycles. The van der Waals surface area contributed by atoms with Crippen LogP contribution in [0.15, 0.2) is 54.9 Å². The number of fused-ring (bicyclic) bond motifs is 1. The predicted molar refractivity (Wildman–Crippen MR) is 151 cm³/mol. The van der Waals surface area contributed by atoms with Gasteiger partial charge in [0.1, 0.15) is 23.7 Å². The van der Waals surface area contributed by atoms with Gasteiger partial charge in [0.15, 0.2) is 0 Å². The lowest BCUT2D eigenvalue weighted by Crippen LogP contribution is -2.29. The number of carbonyl (C=O) groups excluding carboxylic acids is 1. The topological polar surface area (TPSA) is 136 Å². The van der Waals surface area contributed by atoms with Gasteiger partial charge in [-0.2, -0.15) is 0 Å². The summed E-state index contributed by atoms with van der Waals surface area (Å²) >= 11 is 6.43. The molecule has 4 rings (SSSR count). The molecule has 12 heteroatoms. The van der Waals surface area contributed by atoms with Crippen LogP contribution in [0.25, 0.3) is 10.9 Å². The molecule has 0 aliphatic carbocycles. The van der Waals surface area contributed by atoms with Crippen molar-refractivity contribution in [1.82, 2.24) is 9.97 Å². The van der Waals surface area contributed by atoms with Crippen molar-refractivity contribution >= 4 is 55.6 Å². The summed E-state index contributed by atoms with van der Waals surface area (Å²) in [5.74, 6) is -0.685. The van der Waals surface area contributed by atoms with E-state index < -0.39 is 27.0 Å². The number of carbonyl (C=O) groups is 1. The Kier molecular flexibility index (Phi) is 8.22. The minimum atomic E-state index is -3.94. The quantitative estimate of drug-likeness (QED) is 0.247. The molecule has 204 valence electrons. The zero-order valence-corrected chi connectivity index (χ0v) is 23.0. The van der Waals surface area contributed by atoms with Gasteiger partial charge in [-0.3, -0.25) is 9.52 Å². The van der Waals surface area contributed by atoms with Crippen molar-refractivity contribution in [2.45, 2.75) is 31.9 Å². The number of nitrogens with one attached hydrogen (secondary N) is 2. The first-order valence-corrected chi connectivity index (χ1v) is 13.9. The van der Waals surface area contributed by atoms with E-state index >= 15 is 0 Å². The fourth-order valence-electron chi connectivity index (χ4n) is 4.17. The zero-order valence-electron chi connectivity index (χ0n) is 21.5. The van der Waals surface area contributed by atoms with Crippen molar-refractivity contribution in [1.29, 1.82) is 0 Å². The Labute approximate surface area is 230 Å². The maximum atomic E-state index is 14.8. The summed E-state index contributed by atoms with van der Waals surface area (Å²) < 4.78 is 49.0. The Morgan fingerprint density at radius 1 is 1.15 bits per heavy atom. The van der Waals surface area contributed by atoms with Crippen molar-refractivity contribution in [3.05, 3.63) is 82.4 Å². The highest BCUT2D eigenvalue weighted by Crippen LogP contribution is 2.35. The van der Waals surface area contributed by atoms with Gasteiger partial charge < -0.3 is 15.8 Å². The van der Waals surface area contributed by atoms with Crippen molar-refractivity contribution in [2.24, 2.45) is 0 Å². The molecule has 4 aromatic rings. The zero-order chi connectivity index (χ0) is 28.3. The highest BCUT2D eigenvalue weighted by molar-refractivity contribution is 7.93. The molecule has 1 aromatic heterocycles. The Bertz CT molecular complexity index is 1650. The summed E-state index contributed by atoms with van der Waals surface area (Å²) in [6.07, 6.45) is 1.78. The first-order valence-electron chi connectivity index (χ1n) is 12.0. The van der Waals surface area contributed by atoms with Crippen LogP contribution in [0.1, 0.15) is 34.8 Å². The highest BCUT2D eigenvalue weighted by Gasteiger charge is 2.27. The minimum Gasteiger partial charge on any atom is -0.497 e. The summed E-state index contributed by atoms with van der Waals surface area (Å²) in [6, 6.07) is 12.6. The Hall–Kier alpha value is -3.96. The summed E-state index contributed by atoms with van der Waals surface area (Å²) in [7, 11) is -2.39. The molecule has 39 heavy (non-hydrogen) atoms. The molecule has 0 bridgehead atoms. The molecule has 1 atom stereocenters. The molecule has 0 fully saturated rings. The fraction of sp³-hybridized carbons (Fsp3) is 0.222. The summed E-state index contributed by atoms with van der Waals surface area (Å²) in [4.78, 5) is 21.3. The number of aromatic nitrogens is 2. The maximum Gasteiger partial charge on any atom is 0.258 e. The number of ether oxygens (including phenoxy) is 1. The average Bonchev–Trinajstić information content (AvgIpc) is 2.91. The SMILES string of the molecule is CCC(Cc1ccc(OC)cc1)S(=O)(=O)Nc1ccc(F)c(NC(=O)c2cc(C)cc3c(N)ncnc23)c1Cl.